The van der Waals surface area contributed by atoms with Gasteiger partial charge in [-0.25, -0.2) is 13.6 Å². The van der Waals surface area contributed by atoms with Crippen molar-refractivity contribution in [3.63, 3.8) is 0 Å². The molecule has 1 rings (SSSR count). The van der Waals surface area contributed by atoms with Gasteiger partial charge in [0.15, 0.2) is 0 Å². The van der Waals surface area contributed by atoms with Crippen LogP contribution in [-0.2, 0) is 14.8 Å². The van der Waals surface area contributed by atoms with Crippen molar-refractivity contribution in [2.24, 2.45) is 11.1 Å². The fourth-order valence-electron chi connectivity index (χ4n) is 1.94. The van der Waals surface area contributed by atoms with Crippen molar-refractivity contribution >= 4 is 10.0 Å². The van der Waals surface area contributed by atoms with Gasteiger partial charge in [0.1, 0.15) is 17.3 Å². The van der Waals surface area contributed by atoms with Crippen molar-refractivity contribution in [1.82, 2.24) is 0 Å². The van der Waals surface area contributed by atoms with Crippen LogP contribution < -0.4 is 9.88 Å². The van der Waals surface area contributed by atoms with Crippen molar-refractivity contribution < 1.29 is 17.9 Å². The van der Waals surface area contributed by atoms with Gasteiger partial charge in [0.05, 0.1) is 6.61 Å². The summed E-state index contributed by atoms with van der Waals surface area (Å²) in [6, 6.07) is 3.39. The summed E-state index contributed by atoms with van der Waals surface area (Å²) in [7, 11) is -3.80. The van der Waals surface area contributed by atoms with E-state index in [4.69, 9.17) is 14.6 Å². The highest BCUT2D eigenvalue weighted by Crippen LogP contribution is 2.28. The standard InChI is InChI=1S/C15H25NO4S/c1-11(2)5-6-19-7-8-20-15-13(4)9-12(3)10-14(15)21(16,17)18/h9-11H,5-8H2,1-4H3,(H2,16,17,18). The van der Waals surface area contributed by atoms with Crippen molar-refractivity contribution in [3.8, 4) is 5.75 Å². The Labute approximate surface area is 127 Å². The average molecular weight is 315 g/mol. The first kappa shape index (κ1) is 17.9. The maximum absolute atomic E-state index is 11.6. The molecule has 0 aliphatic rings. The summed E-state index contributed by atoms with van der Waals surface area (Å²) in [6.07, 6.45) is 0.992. The number of hydrogen-bond donors (Lipinski definition) is 1. The molecule has 120 valence electrons. The Hall–Kier alpha value is -1.11. The SMILES string of the molecule is Cc1cc(C)c(OCCOCCC(C)C)c(S(N)(=O)=O)c1. The molecular weight excluding hydrogens is 290 g/mol. The molecule has 0 unspecified atom stereocenters. The van der Waals surface area contributed by atoms with Crippen LogP contribution in [0.1, 0.15) is 31.4 Å². The van der Waals surface area contributed by atoms with Crippen LogP contribution in [0.5, 0.6) is 5.75 Å². The van der Waals surface area contributed by atoms with Gasteiger partial charge >= 0.3 is 0 Å². The molecule has 0 saturated heterocycles. The van der Waals surface area contributed by atoms with Crippen LogP contribution >= 0.6 is 0 Å². The maximum atomic E-state index is 11.6. The summed E-state index contributed by atoms with van der Waals surface area (Å²) in [5.74, 6) is 0.912. The molecule has 0 bridgehead atoms. The Balaban J connectivity index is 2.67. The highest BCUT2D eigenvalue weighted by molar-refractivity contribution is 7.89. The van der Waals surface area contributed by atoms with Crippen molar-refractivity contribution in [3.05, 3.63) is 23.3 Å². The Kier molecular flexibility index (Phi) is 6.64. The minimum atomic E-state index is -3.80. The van der Waals surface area contributed by atoms with Gasteiger partial charge in [-0.3, -0.25) is 0 Å². The van der Waals surface area contributed by atoms with Gasteiger partial charge in [-0.1, -0.05) is 19.9 Å². The van der Waals surface area contributed by atoms with Gasteiger partial charge in [0.25, 0.3) is 0 Å². The molecule has 0 spiro atoms. The molecule has 5 nitrogen and oxygen atoms in total. The summed E-state index contributed by atoms with van der Waals surface area (Å²) in [5.41, 5.74) is 1.58. The number of ether oxygens (including phenoxy) is 2. The van der Waals surface area contributed by atoms with Crippen LogP contribution in [0.25, 0.3) is 0 Å². The Bertz CT molecular complexity index is 567. The summed E-state index contributed by atoms with van der Waals surface area (Å²) in [5, 5.41) is 5.24. The molecule has 0 heterocycles. The summed E-state index contributed by atoms with van der Waals surface area (Å²) in [6.45, 7) is 9.28. The number of aryl methyl sites for hydroxylation is 2. The van der Waals surface area contributed by atoms with E-state index in [1.165, 1.54) is 6.07 Å². The van der Waals surface area contributed by atoms with E-state index in [-0.39, 0.29) is 4.90 Å². The molecule has 0 fully saturated rings. The van der Waals surface area contributed by atoms with Gasteiger partial charge in [0, 0.05) is 6.61 Å². The molecule has 1 aromatic rings. The van der Waals surface area contributed by atoms with E-state index in [0.29, 0.717) is 31.5 Å². The first-order valence-corrected chi connectivity index (χ1v) is 8.61. The number of rotatable bonds is 8. The molecule has 0 aliphatic carbocycles. The Morgan fingerprint density at radius 1 is 1.14 bits per heavy atom. The minimum absolute atomic E-state index is 0.0298. The Morgan fingerprint density at radius 2 is 1.81 bits per heavy atom. The van der Waals surface area contributed by atoms with Gasteiger partial charge in [-0.05, 0) is 43.4 Å². The monoisotopic (exact) mass is 315 g/mol. The van der Waals surface area contributed by atoms with E-state index in [0.717, 1.165) is 17.5 Å². The Morgan fingerprint density at radius 3 is 2.38 bits per heavy atom. The summed E-state index contributed by atoms with van der Waals surface area (Å²) < 4.78 is 34.3. The van der Waals surface area contributed by atoms with Crippen LogP contribution in [-0.4, -0.2) is 28.2 Å². The maximum Gasteiger partial charge on any atom is 0.241 e. The van der Waals surface area contributed by atoms with Gasteiger partial charge in [-0.2, -0.15) is 0 Å². The van der Waals surface area contributed by atoms with Gasteiger partial charge < -0.3 is 9.47 Å². The van der Waals surface area contributed by atoms with E-state index in [9.17, 15) is 8.42 Å². The lowest BCUT2D eigenvalue weighted by atomic mass is 10.1. The summed E-state index contributed by atoms with van der Waals surface area (Å²) >= 11 is 0. The first-order chi connectivity index (χ1) is 9.71. The average Bonchev–Trinajstić information content (AvgIpc) is 2.33. The molecule has 0 saturated carbocycles. The second-order valence-electron chi connectivity index (χ2n) is 5.60. The predicted octanol–water partition coefficient (Wildman–Crippen LogP) is 2.39. The number of sulfonamides is 1. The van der Waals surface area contributed by atoms with Crippen LogP contribution in [0.4, 0.5) is 0 Å². The fraction of sp³-hybridized carbons (Fsp3) is 0.600. The highest BCUT2D eigenvalue weighted by atomic mass is 32.2. The zero-order valence-electron chi connectivity index (χ0n) is 13.2. The normalized spacial score (nSPS) is 11.9. The molecule has 2 N–H and O–H groups in total. The van der Waals surface area contributed by atoms with Crippen molar-refractivity contribution in [1.29, 1.82) is 0 Å². The second-order valence-corrected chi connectivity index (χ2v) is 7.13. The zero-order chi connectivity index (χ0) is 16.0. The lowest BCUT2D eigenvalue weighted by Gasteiger charge is -2.14. The third-order valence-electron chi connectivity index (χ3n) is 3.01. The van der Waals surface area contributed by atoms with Crippen LogP contribution in [0.3, 0.4) is 0 Å². The van der Waals surface area contributed by atoms with Crippen LogP contribution in [0.15, 0.2) is 17.0 Å². The lowest BCUT2D eigenvalue weighted by Crippen LogP contribution is -2.16. The predicted molar refractivity (Wildman–Crippen MR) is 83.1 cm³/mol. The number of hydrogen-bond acceptors (Lipinski definition) is 4. The molecular formula is C15H25NO4S. The molecule has 0 aliphatic heterocycles. The molecule has 21 heavy (non-hydrogen) atoms. The van der Waals surface area contributed by atoms with E-state index < -0.39 is 10.0 Å². The van der Waals surface area contributed by atoms with Gasteiger partial charge in [0.2, 0.25) is 10.0 Å². The lowest BCUT2D eigenvalue weighted by molar-refractivity contribution is 0.0914. The van der Waals surface area contributed by atoms with Crippen LogP contribution in [0.2, 0.25) is 0 Å². The van der Waals surface area contributed by atoms with Gasteiger partial charge in [-0.15, -0.1) is 0 Å². The van der Waals surface area contributed by atoms with Crippen molar-refractivity contribution in [2.75, 3.05) is 19.8 Å². The topological polar surface area (TPSA) is 78.6 Å². The number of nitrogens with two attached hydrogens (primary N) is 1. The smallest absolute Gasteiger partial charge is 0.241 e. The van der Waals surface area contributed by atoms with E-state index in [2.05, 4.69) is 13.8 Å². The van der Waals surface area contributed by atoms with E-state index in [1.807, 2.05) is 13.0 Å². The molecule has 0 atom stereocenters. The van der Waals surface area contributed by atoms with Crippen molar-refractivity contribution in [2.45, 2.75) is 39.0 Å². The third-order valence-corrected chi connectivity index (χ3v) is 3.92. The number of primary sulfonamides is 1. The van der Waals surface area contributed by atoms with E-state index in [1.54, 1.807) is 6.92 Å². The molecule has 1 aromatic carbocycles. The first-order valence-electron chi connectivity index (χ1n) is 7.06. The quantitative estimate of drug-likeness (QED) is 0.747. The zero-order valence-corrected chi connectivity index (χ0v) is 14.0. The minimum Gasteiger partial charge on any atom is -0.489 e. The molecule has 0 radical (unpaired) electrons. The molecule has 0 amide bonds. The molecule has 6 heteroatoms. The van der Waals surface area contributed by atoms with E-state index >= 15 is 0 Å². The van der Waals surface area contributed by atoms with Crippen LogP contribution in [0, 0.1) is 19.8 Å². The largest absolute Gasteiger partial charge is 0.489 e. The summed E-state index contributed by atoms with van der Waals surface area (Å²) in [4.78, 5) is 0.0298. The molecule has 0 aromatic heterocycles. The fourth-order valence-corrected chi connectivity index (χ4v) is 2.76. The second kappa shape index (κ2) is 7.77. The number of benzene rings is 1. The third kappa shape index (κ3) is 6.03. The highest BCUT2D eigenvalue weighted by Gasteiger charge is 2.18.